The molecule has 0 aliphatic carbocycles. The van der Waals surface area contributed by atoms with Crippen molar-refractivity contribution in [3.63, 3.8) is 0 Å². The SMILES string of the molecule is C[N-]N(c1ccc[n-]1)N(C)O. The minimum absolute atomic E-state index is 0.595. The number of hydrogen-bond donors (Lipinski definition) is 1. The Balaban J connectivity index is 2.71. The number of rotatable bonds is 3. The standard InChI is InChI=1S/C6H10N4O/c1-7-10(9(2)11)6-4-3-5-8-6/h3-5,11H,1-2H3/q-2. The summed E-state index contributed by atoms with van der Waals surface area (Å²) >= 11 is 0. The number of hydrogen-bond acceptors (Lipinski definition) is 3. The van der Waals surface area contributed by atoms with Crippen LogP contribution in [-0.4, -0.2) is 24.5 Å². The normalized spacial score (nSPS) is 10.5. The smallest absolute Gasteiger partial charge is 0.0135 e. The van der Waals surface area contributed by atoms with Gasteiger partial charge in [0.2, 0.25) is 0 Å². The van der Waals surface area contributed by atoms with Gasteiger partial charge in [-0.25, -0.2) is 0 Å². The van der Waals surface area contributed by atoms with Gasteiger partial charge in [0, 0.05) is 7.05 Å². The Hall–Kier alpha value is -1.04. The Morgan fingerprint density at radius 1 is 1.64 bits per heavy atom. The Morgan fingerprint density at radius 2 is 2.36 bits per heavy atom. The van der Waals surface area contributed by atoms with E-state index in [4.69, 9.17) is 5.21 Å². The molecule has 0 saturated heterocycles. The quantitative estimate of drug-likeness (QED) is 0.648. The van der Waals surface area contributed by atoms with Gasteiger partial charge in [-0.05, 0) is 0 Å². The molecule has 1 rings (SSSR count). The predicted octanol–water partition coefficient (Wildman–Crippen LogP) is 0.605. The van der Waals surface area contributed by atoms with Crippen LogP contribution in [0.25, 0.3) is 5.43 Å². The van der Waals surface area contributed by atoms with Gasteiger partial charge in [-0.1, -0.05) is 24.1 Å². The Labute approximate surface area is 65.1 Å². The molecule has 11 heavy (non-hydrogen) atoms. The summed E-state index contributed by atoms with van der Waals surface area (Å²) in [5.74, 6) is 0.595. The lowest BCUT2D eigenvalue weighted by atomic mass is 10.6. The number of anilines is 1. The van der Waals surface area contributed by atoms with Crippen molar-refractivity contribution in [3.8, 4) is 0 Å². The molecule has 1 aromatic heterocycles. The van der Waals surface area contributed by atoms with E-state index in [0.717, 1.165) is 5.17 Å². The van der Waals surface area contributed by atoms with E-state index < -0.39 is 0 Å². The highest BCUT2D eigenvalue weighted by Gasteiger charge is 1.88. The molecule has 0 aromatic carbocycles. The zero-order valence-electron chi connectivity index (χ0n) is 6.47. The molecule has 0 aliphatic heterocycles. The van der Waals surface area contributed by atoms with Crippen LogP contribution in [-0.2, 0) is 0 Å². The molecule has 1 heterocycles. The van der Waals surface area contributed by atoms with E-state index in [9.17, 15) is 0 Å². The zero-order chi connectivity index (χ0) is 8.27. The summed E-state index contributed by atoms with van der Waals surface area (Å²) in [5, 5.41) is 11.2. The average Bonchev–Trinajstić information content (AvgIpc) is 2.40. The van der Waals surface area contributed by atoms with Crippen molar-refractivity contribution >= 4 is 5.82 Å². The highest BCUT2D eigenvalue weighted by molar-refractivity contribution is 5.38. The van der Waals surface area contributed by atoms with Gasteiger partial charge in [-0.3, -0.25) is 0 Å². The maximum atomic E-state index is 9.01. The van der Waals surface area contributed by atoms with Crippen LogP contribution in [0.5, 0.6) is 0 Å². The molecule has 0 bridgehead atoms. The van der Waals surface area contributed by atoms with E-state index in [1.807, 2.05) is 0 Å². The topological polar surface area (TPSA) is 54.9 Å². The lowest BCUT2D eigenvalue weighted by Crippen LogP contribution is -2.33. The van der Waals surface area contributed by atoms with Gasteiger partial charge in [0.25, 0.3) is 0 Å². The molecule has 0 fully saturated rings. The molecule has 1 N–H and O–H groups in total. The Kier molecular flexibility index (Phi) is 2.48. The van der Waals surface area contributed by atoms with Crippen molar-refractivity contribution in [2.75, 3.05) is 19.2 Å². The van der Waals surface area contributed by atoms with Crippen LogP contribution in [0.3, 0.4) is 0 Å². The summed E-state index contributed by atoms with van der Waals surface area (Å²) in [7, 11) is 3.04. The first-order valence-corrected chi connectivity index (χ1v) is 3.16. The second kappa shape index (κ2) is 3.38. The second-order valence-electron chi connectivity index (χ2n) is 1.97. The summed E-state index contributed by atoms with van der Waals surface area (Å²) in [6.45, 7) is 0. The summed E-state index contributed by atoms with van der Waals surface area (Å²) < 4.78 is 0. The predicted molar refractivity (Wildman–Crippen MR) is 41.1 cm³/mol. The van der Waals surface area contributed by atoms with Crippen LogP contribution >= 0.6 is 0 Å². The minimum Gasteiger partial charge on any atom is -0.656 e. The van der Waals surface area contributed by atoms with Gasteiger partial charge in [0.15, 0.2) is 0 Å². The van der Waals surface area contributed by atoms with Crippen LogP contribution < -0.4 is 10.1 Å². The lowest BCUT2D eigenvalue weighted by molar-refractivity contribution is -0.0698. The van der Waals surface area contributed by atoms with E-state index in [2.05, 4.69) is 10.4 Å². The molecular formula is C6H10N4O-2. The molecule has 62 valence electrons. The molecule has 0 amide bonds. The molecule has 5 heteroatoms. The monoisotopic (exact) mass is 154 g/mol. The fraction of sp³-hybridized carbons (Fsp3) is 0.333. The van der Waals surface area contributed by atoms with Crippen LogP contribution in [0.15, 0.2) is 18.3 Å². The maximum absolute atomic E-state index is 9.01. The first-order valence-electron chi connectivity index (χ1n) is 3.16. The summed E-state index contributed by atoms with van der Waals surface area (Å²) in [4.78, 5) is 3.94. The van der Waals surface area contributed by atoms with E-state index in [1.165, 1.54) is 12.2 Å². The molecule has 0 saturated carbocycles. The lowest BCUT2D eigenvalue weighted by Gasteiger charge is -2.49. The van der Waals surface area contributed by atoms with Crippen molar-refractivity contribution in [2.45, 2.75) is 0 Å². The van der Waals surface area contributed by atoms with E-state index >= 15 is 0 Å². The van der Waals surface area contributed by atoms with Crippen LogP contribution in [0.2, 0.25) is 0 Å². The van der Waals surface area contributed by atoms with Crippen molar-refractivity contribution in [2.24, 2.45) is 0 Å². The fourth-order valence-corrected chi connectivity index (χ4v) is 0.790. The van der Waals surface area contributed by atoms with Crippen LogP contribution in [0, 0.1) is 0 Å². The maximum Gasteiger partial charge on any atom is 0.0135 e. The van der Waals surface area contributed by atoms with Crippen molar-refractivity contribution < 1.29 is 5.21 Å². The zero-order valence-corrected chi connectivity index (χ0v) is 6.47. The number of hydroxylamine groups is 1. The Bertz CT molecular complexity index is 196. The molecule has 5 nitrogen and oxygen atoms in total. The molecule has 1 aromatic rings. The van der Waals surface area contributed by atoms with E-state index in [-0.39, 0.29) is 0 Å². The molecular weight excluding hydrogens is 144 g/mol. The fourth-order valence-electron chi connectivity index (χ4n) is 0.790. The Morgan fingerprint density at radius 3 is 2.73 bits per heavy atom. The number of nitrogens with zero attached hydrogens (tertiary/aromatic N) is 4. The molecule has 0 atom stereocenters. The third kappa shape index (κ3) is 1.70. The highest BCUT2D eigenvalue weighted by atomic mass is 16.6. The van der Waals surface area contributed by atoms with Gasteiger partial charge in [0.05, 0.1) is 0 Å². The number of aromatic nitrogens is 1. The molecule has 0 spiro atoms. The van der Waals surface area contributed by atoms with E-state index in [1.54, 1.807) is 25.4 Å². The van der Waals surface area contributed by atoms with E-state index in [0.29, 0.717) is 5.82 Å². The van der Waals surface area contributed by atoms with Crippen molar-refractivity contribution in [1.29, 1.82) is 0 Å². The molecule has 0 radical (unpaired) electrons. The minimum atomic E-state index is 0.595. The van der Waals surface area contributed by atoms with Gasteiger partial charge in [0.1, 0.15) is 0 Å². The van der Waals surface area contributed by atoms with Gasteiger partial charge in [-0.2, -0.15) is 12.2 Å². The van der Waals surface area contributed by atoms with Crippen molar-refractivity contribution in [1.82, 2.24) is 10.2 Å². The van der Waals surface area contributed by atoms with Crippen LogP contribution in [0.1, 0.15) is 0 Å². The van der Waals surface area contributed by atoms with Gasteiger partial charge < -0.3 is 20.7 Å². The van der Waals surface area contributed by atoms with Gasteiger partial charge >= 0.3 is 0 Å². The summed E-state index contributed by atoms with van der Waals surface area (Å²) in [6, 6.07) is 3.52. The largest absolute Gasteiger partial charge is 0.656 e. The highest BCUT2D eigenvalue weighted by Crippen LogP contribution is 2.12. The third-order valence-electron chi connectivity index (χ3n) is 1.21. The molecule has 0 aliphatic rings. The first kappa shape index (κ1) is 8.06. The first-order chi connectivity index (χ1) is 5.25. The average molecular weight is 154 g/mol. The van der Waals surface area contributed by atoms with Crippen molar-refractivity contribution in [3.05, 3.63) is 23.8 Å². The summed E-state index contributed by atoms with van der Waals surface area (Å²) in [6.07, 6.45) is 1.64. The second-order valence-corrected chi connectivity index (χ2v) is 1.97. The molecule has 0 unspecified atom stereocenters. The third-order valence-corrected chi connectivity index (χ3v) is 1.21. The van der Waals surface area contributed by atoms with Crippen LogP contribution in [0.4, 0.5) is 5.82 Å². The van der Waals surface area contributed by atoms with Gasteiger partial charge in [-0.15, -0.1) is 0 Å². The number of hydrazine groups is 1. The summed E-state index contributed by atoms with van der Waals surface area (Å²) in [5.41, 5.74) is 3.78.